The molecule has 0 unspecified atom stereocenters. The standard InChI is InChI=1S/C24H25N3O4/c1-24(2,3)27-22(30)18-10-9-17(15-19(18)23(27)31)21(29)26-13-11-25(12-14-26)20(28)16-7-5-4-6-8-16/h4-10,15H,11-14H2,1-3H3. The van der Waals surface area contributed by atoms with Gasteiger partial charge >= 0.3 is 0 Å². The van der Waals surface area contributed by atoms with Gasteiger partial charge in [0.2, 0.25) is 0 Å². The van der Waals surface area contributed by atoms with Crippen LogP contribution in [0.3, 0.4) is 0 Å². The van der Waals surface area contributed by atoms with E-state index in [4.69, 9.17) is 0 Å². The van der Waals surface area contributed by atoms with E-state index in [0.717, 1.165) is 0 Å². The van der Waals surface area contributed by atoms with Crippen LogP contribution in [-0.2, 0) is 0 Å². The Morgan fingerprint density at radius 1 is 0.710 bits per heavy atom. The molecule has 2 heterocycles. The number of rotatable bonds is 2. The maximum atomic E-state index is 13.0. The first-order valence-electron chi connectivity index (χ1n) is 10.3. The van der Waals surface area contributed by atoms with Crippen molar-refractivity contribution in [2.75, 3.05) is 26.2 Å². The number of carbonyl (C=O) groups is 4. The second kappa shape index (κ2) is 7.65. The summed E-state index contributed by atoms with van der Waals surface area (Å²) in [4.78, 5) is 55.7. The lowest BCUT2D eigenvalue weighted by molar-refractivity contribution is 0.0507. The van der Waals surface area contributed by atoms with E-state index in [-0.39, 0.29) is 29.2 Å². The zero-order valence-electron chi connectivity index (χ0n) is 17.9. The maximum absolute atomic E-state index is 13.0. The van der Waals surface area contributed by atoms with Gasteiger partial charge in [-0.05, 0) is 51.1 Å². The van der Waals surface area contributed by atoms with E-state index in [1.807, 2.05) is 18.2 Å². The van der Waals surface area contributed by atoms with Crippen LogP contribution in [-0.4, -0.2) is 70.0 Å². The maximum Gasteiger partial charge on any atom is 0.262 e. The highest BCUT2D eigenvalue weighted by molar-refractivity contribution is 6.22. The summed E-state index contributed by atoms with van der Waals surface area (Å²) in [7, 11) is 0. The van der Waals surface area contributed by atoms with E-state index >= 15 is 0 Å². The normalized spacial score (nSPS) is 16.5. The summed E-state index contributed by atoms with van der Waals surface area (Å²) >= 11 is 0. The lowest BCUT2D eigenvalue weighted by Crippen LogP contribution is -2.50. The van der Waals surface area contributed by atoms with Crippen molar-refractivity contribution in [3.8, 4) is 0 Å². The molecule has 160 valence electrons. The van der Waals surface area contributed by atoms with Crippen molar-refractivity contribution in [2.45, 2.75) is 26.3 Å². The average molecular weight is 419 g/mol. The van der Waals surface area contributed by atoms with Crippen LogP contribution < -0.4 is 0 Å². The molecule has 0 spiro atoms. The molecule has 0 radical (unpaired) electrons. The summed E-state index contributed by atoms with van der Waals surface area (Å²) < 4.78 is 0. The molecule has 0 atom stereocenters. The molecule has 4 amide bonds. The van der Waals surface area contributed by atoms with Gasteiger partial charge in [-0.1, -0.05) is 18.2 Å². The number of fused-ring (bicyclic) bond motifs is 1. The van der Waals surface area contributed by atoms with E-state index < -0.39 is 5.54 Å². The molecule has 0 N–H and O–H groups in total. The molecule has 1 saturated heterocycles. The Morgan fingerprint density at radius 2 is 1.23 bits per heavy atom. The molecule has 7 heteroatoms. The Hall–Kier alpha value is -3.48. The van der Waals surface area contributed by atoms with Crippen molar-refractivity contribution < 1.29 is 19.2 Å². The van der Waals surface area contributed by atoms with Gasteiger partial charge in [-0.2, -0.15) is 0 Å². The molecule has 31 heavy (non-hydrogen) atoms. The van der Waals surface area contributed by atoms with Crippen LogP contribution in [0.2, 0.25) is 0 Å². The second-order valence-electron chi connectivity index (χ2n) is 8.83. The molecule has 4 rings (SSSR count). The topological polar surface area (TPSA) is 78.0 Å². The quantitative estimate of drug-likeness (QED) is 0.702. The van der Waals surface area contributed by atoms with Crippen molar-refractivity contribution in [1.82, 2.24) is 14.7 Å². The highest BCUT2D eigenvalue weighted by atomic mass is 16.2. The summed E-state index contributed by atoms with van der Waals surface area (Å²) in [5, 5.41) is 0. The van der Waals surface area contributed by atoms with Crippen molar-refractivity contribution in [3.05, 3.63) is 70.8 Å². The predicted molar refractivity (Wildman–Crippen MR) is 115 cm³/mol. The minimum Gasteiger partial charge on any atom is -0.335 e. The molecule has 2 aromatic carbocycles. The zero-order valence-corrected chi connectivity index (χ0v) is 17.9. The molecule has 2 aliphatic rings. The van der Waals surface area contributed by atoms with E-state index in [9.17, 15) is 19.2 Å². The zero-order chi connectivity index (χ0) is 22.3. The van der Waals surface area contributed by atoms with Gasteiger partial charge in [-0.3, -0.25) is 24.1 Å². The van der Waals surface area contributed by atoms with Crippen LogP contribution in [0.25, 0.3) is 0 Å². The fraction of sp³-hybridized carbons (Fsp3) is 0.333. The van der Waals surface area contributed by atoms with Gasteiger partial charge in [-0.15, -0.1) is 0 Å². The SMILES string of the molecule is CC(C)(C)N1C(=O)c2ccc(C(=O)N3CCN(C(=O)c4ccccc4)CC3)cc2C1=O. The Labute approximate surface area is 181 Å². The molecule has 0 aromatic heterocycles. The van der Waals surface area contributed by atoms with Crippen molar-refractivity contribution in [2.24, 2.45) is 0 Å². The van der Waals surface area contributed by atoms with Crippen LogP contribution in [0.5, 0.6) is 0 Å². The van der Waals surface area contributed by atoms with E-state index in [1.54, 1.807) is 54.8 Å². The van der Waals surface area contributed by atoms with Gasteiger partial charge in [0.1, 0.15) is 0 Å². The molecule has 0 bridgehead atoms. The Balaban J connectivity index is 1.46. The summed E-state index contributed by atoms with van der Waals surface area (Å²) in [5.41, 5.74) is 0.961. The molecular weight excluding hydrogens is 394 g/mol. The lowest BCUT2D eigenvalue weighted by atomic mass is 10.0. The number of piperazine rings is 1. The molecule has 7 nitrogen and oxygen atoms in total. The minimum absolute atomic E-state index is 0.0448. The van der Waals surface area contributed by atoms with Gasteiger partial charge < -0.3 is 9.80 Å². The number of imide groups is 1. The number of amides is 4. The highest BCUT2D eigenvalue weighted by Crippen LogP contribution is 2.30. The number of hydrogen-bond donors (Lipinski definition) is 0. The van der Waals surface area contributed by atoms with Crippen LogP contribution in [0.1, 0.15) is 62.2 Å². The molecule has 1 fully saturated rings. The van der Waals surface area contributed by atoms with Gasteiger partial charge in [0.05, 0.1) is 11.1 Å². The van der Waals surface area contributed by atoms with Crippen LogP contribution in [0, 0.1) is 0 Å². The first-order chi connectivity index (χ1) is 14.7. The third kappa shape index (κ3) is 3.71. The predicted octanol–water partition coefficient (Wildman–Crippen LogP) is 2.68. The van der Waals surface area contributed by atoms with Crippen LogP contribution >= 0.6 is 0 Å². The Kier molecular flexibility index (Phi) is 5.13. The summed E-state index contributed by atoms with van der Waals surface area (Å²) in [6.45, 7) is 7.12. The largest absolute Gasteiger partial charge is 0.335 e. The van der Waals surface area contributed by atoms with Gasteiger partial charge in [-0.25, -0.2) is 0 Å². The second-order valence-corrected chi connectivity index (χ2v) is 8.83. The van der Waals surface area contributed by atoms with Crippen molar-refractivity contribution in [1.29, 1.82) is 0 Å². The first kappa shape index (κ1) is 20.8. The van der Waals surface area contributed by atoms with E-state index in [2.05, 4.69) is 0 Å². The van der Waals surface area contributed by atoms with Gasteiger partial charge in [0.15, 0.2) is 0 Å². The highest BCUT2D eigenvalue weighted by Gasteiger charge is 2.42. The third-order valence-corrected chi connectivity index (χ3v) is 5.68. The average Bonchev–Trinajstić information content (AvgIpc) is 3.03. The monoisotopic (exact) mass is 419 g/mol. The summed E-state index contributed by atoms with van der Waals surface area (Å²) in [6, 6.07) is 13.8. The fourth-order valence-electron chi connectivity index (χ4n) is 4.04. The van der Waals surface area contributed by atoms with Crippen molar-refractivity contribution in [3.63, 3.8) is 0 Å². The molecule has 0 aliphatic carbocycles. The fourth-order valence-corrected chi connectivity index (χ4v) is 4.04. The number of hydrogen-bond acceptors (Lipinski definition) is 4. The smallest absolute Gasteiger partial charge is 0.262 e. The van der Waals surface area contributed by atoms with Crippen LogP contribution in [0.4, 0.5) is 0 Å². The number of nitrogens with zero attached hydrogens (tertiary/aromatic N) is 3. The van der Waals surface area contributed by atoms with E-state index in [1.165, 1.54) is 11.0 Å². The summed E-state index contributed by atoms with van der Waals surface area (Å²) in [5.74, 6) is -0.958. The van der Waals surface area contributed by atoms with Gasteiger partial charge in [0.25, 0.3) is 23.6 Å². The van der Waals surface area contributed by atoms with E-state index in [0.29, 0.717) is 42.9 Å². The third-order valence-electron chi connectivity index (χ3n) is 5.68. The van der Waals surface area contributed by atoms with Crippen molar-refractivity contribution >= 4 is 23.6 Å². The minimum atomic E-state index is -0.640. The number of benzene rings is 2. The molecule has 0 saturated carbocycles. The number of carbonyl (C=O) groups excluding carboxylic acids is 4. The van der Waals surface area contributed by atoms with Crippen LogP contribution in [0.15, 0.2) is 48.5 Å². The van der Waals surface area contributed by atoms with Gasteiger partial charge in [0, 0.05) is 42.8 Å². The molecule has 2 aliphatic heterocycles. The Bertz CT molecular complexity index is 1060. The first-order valence-corrected chi connectivity index (χ1v) is 10.3. The Morgan fingerprint density at radius 3 is 1.77 bits per heavy atom. The lowest BCUT2D eigenvalue weighted by Gasteiger charge is -2.35. The molecule has 2 aromatic rings. The molecular formula is C24H25N3O4. The summed E-state index contributed by atoms with van der Waals surface area (Å²) in [6.07, 6.45) is 0.